The Morgan fingerprint density at radius 2 is 2.00 bits per heavy atom. The molecule has 0 aliphatic rings. The molecule has 8 heteroatoms. The van der Waals surface area contributed by atoms with Crippen LogP contribution >= 0.6 is 0 Å². The number of carboxylic acid groups (broad SMARTS) is 2. The van der Waals surface area contributed by atoms with Crippen LogP contribution in [0, 0.1) is 10.1 Å². The summed E-state index contributed by atoms with van der Waals surface area (Å²) in [6, 6.07) is 3.70. The van der Waals surface area contributed by atoms with Crippen LogP contribution in [0.5, 0.6) is 0 Å². The van der Waals surface area contributed by atoms with E-state index in [9.17, 15) is 19.7 Å². The van der Waals surface area contributed by atoms with E-state index in [4.69, 9.17) is 15.9 Å². The second-order valence-electron chi connectivity index (χ2n) is 3.92. The molecule has 0 amide bonds. The van der Waals surface area contributed by atoms with Crippen LogP contribution in [-0.2, 0) is 9.59 Å². The van der Waals surface area contributed by atoms with Crippen LogP contribution in [-0.4, -0.2) is 33.1 Å². The van der Waals surface area contributed by atoms with Crippen LogP contribution in [0.4, 0.5) is 5.69 Å². The van der Waals surface area contributed by atoms with Crippen molar-refractivity contribution in [3.63, 3.8) is 0 Å². The number of nitro groups is 1. The predicted octanol–water partition coefficient (Wildman–Crippen LogP) is 0.565. The van der Waals surface area contributed by atoms with Gasteiger partial charge in [0.25, 0.3) is 5.69 Å². The fourth-order valence-corrected chi connectivity index (χ4v) is 1.68. The first kappa shape index (κ1) is 14.6. The highest BCUT2D eigenvalue weighted by Crippen LogP contribution is 2.26. The molecular formula is C11H12N2O6. The number of non-ortho nitro benzene ring substituents is 1. The molecule has 0 unspecified atom stereocenters. The Balaban J connectivity index is 3.16. The zero-order valence-electron chi connectivity index (χ0n) is 9.72. The van der Waals surface area contributed by atoms with Crippen LogP contribution in [0.25, 0.3) is 0 Å². The van der Waals surface area contributed by atoms with E-state index in [1.807, 2.05) is 0 Å². The second kappa shape index (κ2) is 5.91. The van der Waals surface area contributed by atoms with Crippen molar-refractivity contribution in [1.82, 2.24) is 0 Å². The van der Waals surface area contributed by atoms with E-state index < -0.39 is 35.2 Å². The third kappa shape index (κ3) is 3.75. The van der Waals surface area contributed by atoms with Gasteiger partial charge in [0.1, 0.15) is 6.04 Å². The molecule has 0 aromatic heterocycles. The van der Waals surface area contributed by atoms with E-state index in [0.717, 1.165) is 6.07 Å². The Labute approximate surface area is 107 Å². The van der Waals surface area contributed by atoms with Gasteiger partial charge in [0.2, 0.25) is 0 Å². The summed E-state index contributed by atoms with van der Waals surface area (Å²) in [7, 11) is 0. The summed E-state index contributed by atoms with van der Waals surface area (Å²) in [6.45, 7) is 0. The molecule has 1 rings (SSSR count). The Bertz CT molecular complexity index is 516. The number of nitrogens with zero attached hydrogens (tertiary/aromatic N) is 1. The van der Waals surface area contributed by atoms with E-state index in [2.05, 4.69) is 0 Å². The summed E-state index contributed by atoms with van der Waals surface area (Å²) in [5.41, 5.74) is 5.40. The monoisotopic (exact) mass is 268 g/mol. The van der Waals surface area contributed by atoms with Gasteiger partial charge in [-0.3, -0.25) is 19.7 Å². The average Bonchev–Trinajstić information content (AvgIpc) is 2.34. The lowest BCUT2D eigenvalue weighted by atomic mass is 9.89. The van der Waals surface area contributed by atoms with Gasteiger partial charge in [0, 0.05) is 18.1 Å². The Hall–Kier alpha value is -2.48. The number of hydrogen-bond donors (Lipinski definition) is 3. The molecule has 8 nitrogen and oxygen atoms in total. The molecule has 102 valence electrons. The summed E-state index contributed by atoms with van der Waals surface area (Å²) in [4.78, 5) is 31.6. The minimum Gasteiger partial charge on any atom is -0.481 e. The molecule has 0 fully saturated rings. The van der Waals surface area contributed by atoms with Gasteiger partial charge >= 0.3 is 11.9 Å². The zero-order chi connectivity index (χ0) is 14.6. The standard InChI is InChI=1S/C11H12N2O6/c12-10(11(16)17)8(5-9(14)15)6-2-1-3-7(4-6)13(18)19/h1-4,8,10H,5,12H2,(H,14,15)(H,16,17)/t8-,10+/m0/s1. The lowest BCUT2D eigenvalue weighted by Gasteiger charge is -2.19. The largest absolute Gasteiger partial charge is 0.481 e. The molecule has 0 radical (unpaired) electrons. The minimum absolute atomic E-state index is 0.214. The van der Waals surface area contributed by atoms with Gasteiger partial charge < -0.3 is 15.9 Å². The minimum atomic E-state index is -1.45. The van der Waals surface area contributed by atoms with Gasteiger partial charge in [-0.25, -0.2) is 0 Å². The van der Waals surface area contributed by atoms with Gasteiger partial charge in [0.15, 0.2) is 0 Å². The number of nitrogens with two attached hydrogens (primary N) is 1. The number of carbonyl (C=O) groups is 2. The topological polar surface area (TPSA) is 144 Å². The molecule has 0 bridgehead atoms. The van der Waals surface area contributed by atoms with Crippen molar-refractivity contribution < 1.29 is 24.7 Å². The number of aliphatic carboxylic acids is 2. The van der Waals surface area contributed by atoms with E-state index in [1.54, 1.807) is 0 Å². The van der Waals surface area contributed by atoms with Crippen molar-refractivity contribution in [3.8, 4) is 0 Å². The fraction of sp³-hybridized carbons (Fsp3) is 0.273. The molecular weight excluding hydrogens is 256 g/mol. The summed E-state index contributed by atoms with van der Waals surface area (Å²) in [5.74, 6) is -3.62. The normalized spacial score (nSPS) is 13.5. The van der Waals surface area contributed by atoms with Gasteiger partial charge in [-0.1, -0.05) is 12.1 Å². The lowest BCUT2D eigenvalue weighted by molar-refractivity contribution is -0.384. The van der Waals surface area contributed by atoms with E-state index in [0.29, 0.717) is 0 Å². The summed E-state index contributed by atoms with van der Waals surface area (Å²) in [5, 5.41) is 28.3. The molecule has 19 heavy (non-hydrogen) atoms. The maximum absolute atomic E-state index is 10.9. The molecule has 1 aromatic carbocycles. The Morgan fingerprint density at radius 3 is 2.47 bits per heavy atom. The van der Waals surface area contributed by atoms with Crippen LogP contribution in [0.2, 0.25) is 0 Å². The average molecular weight is 268 g/mol. The SMILES string of the molecule is N[C@@H](C(=O)O)[C@@H](CC(=O)O)c1cccc([N+](=O)[O-])c1. The third-order valence-electron chi connectivity index (χ3n) is 2.62. The van der Waals surface area contributed by atoms with Crippen LogP contribution in [0.15, 0.2) is 24.3 Å². The molecule has 0 spiro atoms. The molecule has 1 aromatic rings. The number of carboxylic acids is 2. The second-order valence-corrected chi connectivity index (χ2v) is 3.92. The van der Waals surface area contributed by atoms with Crippen molar-refractivity contribution in [1.29, 1.82) is 0 Å². The molecule has 0 saturated heterocycles. The Kier molecular flexibility index (Phi) is 4.54. The van der Waals surface area contributed by atoms with E-state index >= 15 is 0 Å². The van der Waals surface area contributed by atoms with Crippen LogP contribution in [0.1, 0.15) is 17.9 Å². The highest BCUT2D eigenvalue weighted by Gasteiger charge is 2.29. The fourth-order valence-electron chi connectivity index (χ4n) is 1.68. The first-order chi connectivity index (χ1) is 8.82. The smallest absolute Gasteiger partial charge is 0.321 e. The quantitative estimate of drug-likeness (QED) is 0.505. The van der Waals surface area contributed by atoms with Crippen molar-refractivity contribution in [2.75, 3.05) is 0 Å². The van der Waals surface area contributed by atoms with Gasteiger partial charge in [-0.05, 0) is 5.56 Å². The van der Waals surface area contributed by atoms with Crippen molar-refractivity contribution >= 4 is 17.6 Å². The number of rotatable bonds is 6. The number of benzene rings is 1. The first-order valence-corrected chi connectivity index (χ1v) is 5.27. The number of hydrogen-bond acceptors (Lipinski definition) is 5. The van der Waals surface area contributed by atoms with Crippen molar-refractivity contribution in [2.24, 2.45) is 5.73 Å². The zero-order valence-corrected chi connectivity index (χ0v) is 9.72. The van der Waals surface area contributed by atoms with E-state index in [1.165, 1.54) is 18.2 Å². The maximum Gasteiger partial charge on any atom is 0.321 e. The summed E-state index contributed by atoms with van der Waals surface area (Å²) >= 11 is 0. The maximum atomic E-state index is 10.9. The first-order valence-electron chi connectivity index (χ1n) is 5.27. The molecule has 0 aliphatic heterocycles. The molecule has 0 heterocycles. The highest BCUT2D eigenvalue weighted by molar-refractivity contribution is 5.77. The molecule has 2 atom stereocenters. The van der Waals surface area contributed by atoms with Crippen molar-refractivity contribution in [2.45, 2.75) is 18.4 Å². The summed E-state index contributed by atoms with van der Waals surface area (Å²) < 4.78 is 0. The number of nitro benzene ring substituents is 1. The van der Waals surface area contributed by atoms with Crippen molar-refractivity contribution in [3.05, 3.63) is 39.9 Å². The lowest BCUT2D eigenvalue weighted by Crippen LogP contribution is -2.37. The van der Waals surface area contributed by atoms with Gasteiger partial charge in [0.05, 0.1) is 11.3 Å². The van der Waals surface area contributed by atoms with Crippen LogP contribution < -0.4 is 5.73 Å². The van der Waals surface area contributed by atoms with Gasteiger partial charge in [-0.15, -0.1) is 0 Å². The van der Waals surface area contributed by atoms with E-state index in [-0.39, 0.29) is 11.3 Å². The predicted molar refractivity (Wildman–Crippen MR) is 63.7 cm³/mol. The molecule has 4 N–H and O–H groups in total. The molecule has 0 aliphatic carbocycles. The Morgan fingerprint density at radius 1 is 1.37 bits per heavy atom. The third-order valence-corrected chi connectivity index (χ3v) is 2.62. The summed E-state index contributed by atoms with van der Waals surface area (Å²) in [6.07, 6.45) is -0.519. The highest BCUT2D eigenvalue weighted by atomic mass is 16.6. The van der Waals surface area contributed by atoms with Crippen LogP contribution in [0.3, 0.4) is 0 Å². The van der Waals surface area contributed by atoms with Gasteiger partial charge in [-0.2, -0.15) is 0 Å². The molecule has 0 saturated carbocycles.